The van der Waals surface area contributed by atoms with Crippen LogP contribution in [0.25, 0.3) is 0 Å². The van der Waals surface area contributed by atoms with Gasteiger partial charge in [0.15, 0.2) is 0 Å². The molecule has 3 aromatic rings. The number of ether oxygens (including phenoxy) is 2. The molecule has 2 aromatic carbocycles. The summed E-state index contributed by atoms with van der Waals surface area (Å²) in [5.41, 5.74) is 2.16. The molecule has 1 heterocycles. The molecule has 0 unspecified atom stereocenters. The van der Waals surface area contributed by atoms with E-state index in [0.29, 0.717) is 29.3 Å². The summed E-state index contributed by atoms with van der Waals surface area (Å²) in [5, 5.41) is 5.80. The van der Waals surface area contributed by atoms with Gasteiger partial charge in [0.1, 0.15) is 5.75 Å². The highest BCUT2D eigenvalue weighted by molar-refractivity contribution is 6.04. The number of rotatable bonds is 7. The smallest absolute Gasteiger partial charge is 0.337 e. The monoisotopic (exact) mass is 392 g/mol. The molecule has 0 bridgehead atoms. The molecule has 0 aliphatic rings. The number of methoxy groups -OCH3 is 2. The fraction of sp³-hybridized carbons (Fsp3) is 0.143. The molecular formula is C21H20N4O4. The normalized spacial score (nSPS) is 10.1. The lowest BCUT2D eigenvalue weighted by Crippen LogP contribution is -2.14. The van der Waals surface area contributed by atoms with E-state index in [2.05, 4.69) is 25.3 Å². The van der Waals surface area contributed by atoms with Crippen molar-refractivity contribution < 1.29 is 19.1 Å². The SMILES string of the molecule is COC(=O)c1cccc(NC(=O)c2cnc(NCc3ccc(OC)cc3)nc2)c1. The van der Waals surface area contributed by atoms with Crippen LogP contribution in [0.2, 0.25) is 0 Å². The van der Waals surface area contributed by atoms with E-state index >= 15 is 0 Å². The predicted molar refractivity (Wildman–Crippen MR) is 108 cm³/mol. The lowest BCUT2D eigenvalue weighted by atomic mass is 10.2. The summed E-state index contributed by atoms with van der Waals surface area (Å²) in [6.45, 7) is 0.538. The summed E-state index contributed by atoms with van der Waals surface area (Å²) in [6, 6.07) is 14.1. The highest BCUT2D eigenvalue weighted by Crippen LogP contribution is 2.14. The second-order valence-electron chi connectivity index (χ2n) is 6.02. The van der Waals surface area contributed by atoms with Gasteiger partial charge in [-0.1, -0.05) is 18.2 Å². The first kappa shape index (κ1) is 19.8. The number of benzene rings is 2. The van der Waals surface area contributed by atoms with E-state index < -0.39 is 5.97 Å². The maximum Gasteiger partial charge on any atom is 0.337 e. The van der Waals surface area contributed by atoms with E-state index in [1.807, 2.05) is 24.3 Å². The standard InChI is InChI=1S/C21H20N4O4/c1-28-18-8-6-14(7-9-18)11-22-21-23-12-16(13-24-21)19(26)25-17-5-3-4-15(10-17)20(27)29-2/h3-10,12-13H,11H2,1-2H3,(H,25,26)(H,22,23,24). The van der Waals surface area contributed by atoms with E-state index in [0.717, 1.165) is 11.3 Å². The first-order chi connectivity index (χ1) is 14.1. The van der Waals surface area contributed by atoms with Crippen LogP contribution < -0.4 is 15.4 Å². The first-order valence-corrected chi connectivity index (χ1v) is 8.77. The molecule has 0 saturated carbocycles. The van der Waals surface area contributed by atoms with Gasteiger partial charge in [-0.05, 0) is 35.9 Å². The molecule has 8 heteroatoms. The van der Waals surface area contributed by atoms with Gasteiger partial charge in [0.2, 0.25) is 5.95 Å². The van der Waals surface area contributed by atoms with Crippen molar-refractivity contribution in [2.75, 3.05) is 24.9 Å². The number of nitrogens with one attached hydrogen (secondary N) is 2. The molecule has 29 heavy (non-hydrogen) atoms. The van der Waals surface area contributed by atoms with Crippen molar-refractivity contribution >= 4 is 23.5 Å². The molecule has 0 saturated heterocycles. The third-order valence-corrected chi connectivity index (χ3v) is 4.07. The first-order valence-electron chi connectivity index (χ1n) is 8.77. The van der Waals surface area contributed by atoms with Gasteiger partial charge in [-0.25, -0.2) is 14.8 Å². The number of anilines is 2. The Morgan fingerprint density at radius 3 is 2.34 bits per heavy atom. The topological polar surface area (TPSA) is 102 Å². The largest absolute Gasteiger partial charge is 0.497 e. The molecule has 8 nitrogen and oxygen atoms in total. The Hall–Kier alpha value is -3.94. The van der Waals surface area contributed by atoms with Crippen molar-refractivity contribution in [3.8, 4) is 5.75 Å². The quantitative estimate of drug-likeness (QED) is 0.596. The lowest BCUT2D eigenvalue weighted by molar-refractivity contribution is 0.0600. The van der Waals surface area contributed by atoms with Crippen LogP contribution >= 0.6 is 0 Å². The lowest BCUT2D eigenvalue weighted by Gasteiger charge is -2.08. The molecule has 2 N–H and O–H groups in total. The van der Waals surface area contributed by atoms with Gasteiger partial charge in [-0.15, -0.1) is 0 Å². The number of amides is 1. The number of aromatic nitrogens is 2. The van der Waals surface area contributed by atoms with Crippen LogP contribution in [0.15, 0.2) is 60.9 Å². The van der Waals surface area contributed by atoms with Gasteiger partial charge < -0.3 is 20.1 Å². The van der Waals surface area contributed by atoms with Gasteiger partial charge in [-0.2, -0.15) is 0 Å². The van der Waals surface area contributed by atoms with Crippen LogP contribution in [0, 0.1) is 0 Å². The predicted octanol–water partition coefficient (Wildman–Crippen LogP) is 3.14. The van der Waals surface area contributed by atoms with Gasteiger partial charge in [0.25, 0.3) is 5.91 Å². The Morgan fingerprint density at radius 2 is 1.69 bits per heavy atom. The van der Waals surface area contributed by atoms with Gasteiger partial charge in [-0.3, -0.25) is 4.79 Å². The van der Waals surface area contributed by atoms with E-state index in [1.165, 1.54) is 25.6 Å². The van der Waals surface area contributed by atoms with Crippen LogP contribution in [0.3, 0.4) is 0 Å². The Kier molecular flexibility index (Phi) is 6.36. The van der Waals surface area contributed by atoms with Crippen LogP contribution in [0.5, 0.6) is 5.75 Å². The average molecular weight is 392 g/mol. The summed E-state index contributed by atoms with van der Waals surface area (Å²) in [4.78, 5) is 32.3. The molecule has 0 fully saturated rings. The Labute approximate surface area is 167 Å². The zero-order valence-electron chi connectivity index (χ0n) is 16.0. The van der Waals surface area contributed by atoms with Gasteiger partial charge in [0, 0.05) is 24.6 Å². The summed E-state index contributed by atoms with van der Waals surface area (Å²) in [6.07, 6.45) is 2.87. The van der Waals surface area contributed by atoms with Crippen molar-refractivity contribution in [1.29, 1.82) is 0 Å². The minimum atomic E-state index is -0.475. The number of hydrogen-bond acceptors (Lipinski definition) is 7. The van der Waals surface area contributed by atoms with Crippen molar-refractivity contribution in [3.63, 3.8) is 0 Å². The van der Waals surface area contributed by atoms with Crippen LogP contribution in [0.1, 0.15) is 26.3 Å². The van der Waals surface area contributed by atoms with Crippen molar-refractivity contribution in [3.05, 3.63) is 77.6 Å². The molecular weight excluding hydrogens is 372 g/mol. The molecule has 148 valence electrons. The van der Waals surface area contributed by atoms with E-state index in [4.69, 9.17) is 4.74 Å². The number of carbonyl (C=O) groups excluding carboxylic acids is 2. The van der Waals surface area contributed by atoms with E-state index in [9.17, 15) is 9.59 Å². The summed E-state index contributed by atoms with van der Waals surface area (Å²) >= 11 is 0. The molecule has 0 radical (unpaired) electrons. The number of carbonyl (C=O) groups is 2. The minimum absolute atomic E-state index is 0.295. The summed E-state index contributed by atoms with van der Waals surface area (Å²) < 4.78 is 9.80. The summed E-state index contributed by atoms with van der Waals surface area (Å²) in [5.74, 6) is 0.341. The Balaban J connectivity index is 1.59. The van der Waals surface area contributed by atoms with Gasteiger partial charge >= 0.3 is 5.97 Å². The second kappa shape index (κ2) is 9.32. The molecule has 0 aliphatic heterocycles. The molecule has 0 spiro atoms. The number of hydrogen-bond donors (Lipinski definition) is 2. The van der Waals surface area contributed by atoms with Crippen molar-refractivity contribution in [2.24, 2.45) is 0 Å². The molecule has 0 atom stereocenters. The fourth-order valence-corrected chi connectivity index (χ4v) is 2.51. The number of nitrogens with zero attached hydrogens (tertiary/aromatic N) is 2. The maximum absolute atomic E-state index is 12.4. The van der Waals surface area contributed by atoms with Crippen LogP contribution in [-0.2, 0) is 11.3 Å². The van der Waals surface area contributed by atoms with E-state index in [1.54, 1.807) is 25.3 Å². The third-order valence-electron chi connectivity index (χ3n) is 4.07. The average Bonchev–Trinajstić information content (AvgIpc) is 2.78. The Morgan fingerprint density at radius 1 is 0.966 bits per heavy atom. The van der Waals surface area contributed by atoms with Crippen molar-refractivity contribution in [1.82, 2.24) is 9.97 Å². The molecule has 3 rings (SSSR count). The van der Waals surface area contributed by atoms with Gasteiger partial charge in [0.05, 0.1) is 25.3 Å². The second-order valence-corrected chi connectivity index (χ2v) is 6.02. The zero-order chi connectivity index (χ0) is 20.6. The maximum atomic E-state index is 12.4. The molecule has 1 amide bonds. The highest BCUT2D eigenvalue weighted by atomic mass is 16.5. The Bertz CT molecular complexity index is 988. The third kappa shape index (κ3) is 5.29. The minimum Gasteiger partial charge on any atom is -0.497 e. The number of esters is 1. The van der Waals surface area contributed by atoms with Crippen LogP contribution in [0.4, 0.5) is 11.6 Å². The van der Waals surface area contributed by atoms with Crippen molar-refractivity contribution in [2.45, 2.75) is 6.54 Å². The molecule has 0 aliphatic carbocycles. The van der Waals surface area contributed by atoms with Crippen LogP contribution in [-0.4, -0.2) is 36.1 Å². The molecule has 1 aromatic heterocycles. The van der Waals surface area contributed by atoms with E-state index in [-0.39, 0.29) is 5.91 Å². The highest BCUT2D eigenvalue weighted by Gasteiger charge is 2.10. The summed E-state index contributed by atoms with van der Waals surface area (Å²) in [7, 11) is 2.92. The fourth-order valence-electron chi connectivity index (χ4n) is 2.51. The zero-order valence-corrected chi connectivity index (χ0v) is 16.0.